The minimum atomic E-state index is -0.337. The SMILES string of the molecule is COc1ccc(C)cc1NC(=O)c1ccc(NCc2ccccc2)nn1. The third kappa shape index (κ3) is 4.36. The average Bonchev–Trinajstić information content (AvgIpc) is 2.68. The molecule has 6 nitrogen and oxygen atoms in total. The summed E-state index contributed by atoms with van der Waals surface area (Å²) in [6.07, 6.45) is 0. The van der Waals surface area contributed by atoms with Crippen LogP contribution in [0.5, 0.6) is 5.75 Å². The molecule has 1 amide bonds. The Hall–Kier alpha value is -3.41. The fourth-order valence-corrected chi connectivity index (χ4v) is 2.44. The largest absolute Gasteiger partial charge is 0.495 e. The molecule has 0 unspecified atom stereocenters. The van der Waals surface area contributed by atoms with Gasteiger partial charge in [0.15, 0.2) is 5.69 Å². The lowest BCUT2D eigenvalue weighted by atomic mass is 10.2. The summed E-state index contributed by atoms with van der Waals surface area (Å²) < 4.78 is 5.27. The van der Waals surface area contributed by atoms with E-state index in [-0.39, 0.29) is 11.6 Å². The van der Waals surface area contributed by atoms with Gasteiger partial charge in [0.2, 0.25) is 0 Å². The molecule has 3 aromatic rings. The maximum Gasteiger partial charge on any atom is 0.276 e. The van der Waals surface area contributed by atoms with Crippen LogP contribution in [0.4, 0.5) is 11.5 Å². The predicted octanol–water partition coefficient (Wildman–Crippen LogP) is 3.66. The summed E-state index contributed by atoms with van der Waals surface area (Å²) >= 11 is 0. The molecule has 26 heavy (non-hydrogen) atoms. The highest BCUT2D eigenvalue weighted by molar-refractivity contribution is 6.03. The molecule has 6 heteroatoms. The van der Waals surface area contributed by atoms with Crippen molar-refractivity contribution in [3.05, 3.63) is 77.5 Å². The lowest BCUT2D eigenvalue weighted by molar-refractivity contribution is 0.102. The van der Waals surface area contributed by atoms with Crippen LogP contribution in [-0.4, -0.2) is 23.2 Å². The van der Waals surface area contributed by atoms with Gasteiger partial charge in [-0.25, -0.2) is 0 Å². The van der Waals surface area contributed by atoms with Crippen LogP contribution in [0.1, 0.15) is 21.6 Å². The predicted molar refractivity (Wildman–Crippen MR) is 101 cm³/mol. The third-order valence-electron chi connectivity index (χ3n) is 3.82. The molecular weight excluding hydrogens is 328 g/mol. The molecular formula is C20H20N4O2. The average molecular weight is 348 g/mol. The first-order valence-electron chi connectivity index (χ1n) is 8.23. The fraction of sp³-hybridized carbons (Fsp3) is 0.150. The maximum absolute atomic E-state index is 12.4. The molecule has 0 atom stereocenters. The molecule has 0 bridgehead atoms. The van der Waals surface area contributed by atoms with Crippen molar-refractivity contribution in [1.82, 2.24) is 10.2 Å². The number of amides is 1. The maximum atomic E-state index is 12.4. The van der Waals surface area contributed by atoms with Crippen molar-refractivity contribution in [3.8, 4) is 5.75 Å². The second-order valence-corrected chi connectivity index (χ2v) is 5.80. The Bertz CT molecular complexity index is 880. The van der Waals surface area contributed by atoms with Crippen LogP contribution in [0.25, 0.3) is 0 Å². The first kappa shape index (κ1) is 17.4. The highest BCUT2D eigenvalue weighted by atomic mass is 16.5. The molecule has 0 fully saturated rings. The zero-order valence-electron chi connectivity index (χ0n) is 14.7. The molecule has 3 rings (SSSR count). The standard InChI is InChI=1S/C20H20N4O2/c1-14-8-10-18(26-2)17(12-14)22-20(25)16-9-11-19(24-23-16)21-13-15-6-4-3-5-7-15/h3-12H,13H2,1-2H3,(H,21,24)(H,22,25). The molecule has 1 heterocycles. The van der Waals surface area contributed by atoms with E-state index in [9.17, 15) is 4.79 Å². The van der Waals surface area contributed by atoms with Crippen molar-refractivity contribution in [2.75, 3.05) is 17.7 Å². The van der Waals surface area contributed by atoms with Gasteiger partial charge in [0.1, 0.15) is 11.6 Å². The molecule has 0 radical (unpaired) electrons. The van der Waals surface area contributed by atoms with Gasteiger partial charge in [-0.15, -0.1) is 10.2 Å². The Morgan fingerprint density at radius 2 is 1.85 bits per heavy atom. The van der Waals surface area contributed by atoms with Gasteiger partial charge in [0.25, 0.3) is 5.91 Å². The Balaban J connectivity index is 1.64. The van der Waals surface area contributed by atoms with E-state index >= 15 is 0 Å². The second-order valence-electron chi connectivity index (χ2n) is 5.80. The van der Waals surface area contributed by atoms with Gasteiger partial charge in [-0.2, -0.15) is 0 Å². The number of nitrogens with one attached hydrogen (secondary N) is 2. The Kier molecular flexibility index (Phi) is 5.43. The Labute approximate surface area is 152 Å². The van der Waals surface area contributed by atoms with Gasteiger partial charge in [-0.05, 0) is 42.3 Å². The van der Waals surface area contributed by atoms with E-state index in [2.05, 4.69) is 20.8 Å². The normalized spacial score (nSPS) is 10.2. The van der Waals surface area contributed by atoms with Crippen molar-refractivity contribution in [1.29, 1.82) is 0 Å². The summed E-state index contributed by atoms with van der Waals surface area (Å²) in [6.45, 7) is 2.59. The minimum absolute atomic E-state index is 0.235. The quantitative estimate of drug-likeness (QED) is 0.711. The van der Waals surface area contributed by atoms with Crippen LogP contribution in [0.15, 0.2) is 60.7 Å². The summed E-state index contributed by atoms with van der Waals surface area (Å²) in [5.41, 5.74) is 3.00. The number of hydrogen-bond acceptors (Lipinski definition) is 5. The number of methoxy groups -OCH3 is 1. The number of anilines is 2. The first-order valence-corrected chi connectivity index (χ1v) is 8.23. The Morgan fingerprint density at radius 1 is 1.04 bits per heavy atom. The van der Waals surface area contributed by atoms with E-state index in [1.54, 1.807) is 19.2 Å². The molecule has 2 aromatic carbocycles. The highest BCUT2D eigenvalue weighted by Gasteiger charge is 2.12. The van der Waals surface area contributed by atoms with Gasteiger partial charge >= 0.3 is 0 Å². The monoisotopic (exact) mass is 348 g/mol. The molecule has 0 saturated heterocycles. The van der Waals surface area contributed by atoms with Gasteiger partial charge in [0, 0.05) is 6.54 Å². The van der Waals surface area contributed by atoms with E-state index in [0.29, 0.717) is 23.8 Å². The number of rotatable bonds is 6. The van der Waals surface area contributed by atoms with E-state index < -0.39 is 0 Å². The van der Waals surface area contributed by atoms with Crippen LogP contribution >= 0.6 is 0 Å². The fourth-order valence-electron chi connectivity index (χ4n) is 2.44. The number of carbonyl (C=O) groups excluding carboxylic acids is 1. The molecule has 0 aliphatic rings. The lowest BCUT2D eigenvalue weighted by Crippen LogP contribution is -2.15. The van der Waals surface area contributed by atoms with Crippen molar-refractivity contribution < 1.29 is 9.53 Å². The van der Waals surface area contributed by atoms with Gasteiger partial charge < -0.3 is 15.4 Å². The van der Waals surface area contributed by atoms with Crippen molar-refractivity contribution >= 4 is 17.4 Å². The molecule has 0 aliphatic heterocycles. The summed E-state index contributed by atoms with van der Waals surface area (Å²) in [7, 11) is 1.56. The number of ether oxygens (including phenoxy) is 1. The molecule has 132 valence electrons. The summed E-state index contributed by atoms with van der Waals surface area (Å²) in [6, 6.07) is 18.9. The van der Waals surface area contributed by atoms with Gasteiger partial charge in [-0.3, -0.25) is 4.79 Å². The zero-order chi connectivity index (χ0) is 18.4. The number of hydrogen-bond donors (Lipinski definition) is 2. The first-order chi connectivity index (χ1) is 12.7. The van der Waals surface area contributed by atoms with E-state index in [1.807, 2.05) is 55.5 Å². The van der Waals surface area contributed by atoms with E-state index in [4.69, 9.17) is 4.74 Å². The number of carbonyl (C=O) groups is 1. The van der Waals surface area contributed by atoms with Crippen LogP contribution in [0.2, 0.25) is 0 Å². The van der Waals surface area contributed by atoms with Crippen LogP contribution in [-0.2, 0) is 6.54 Å². The van der Waals surface area contributed by atoms with E-state index in [1.165, 1.54) is 0 Å². The number of aryl methyl sites for hydroxylation is 1. The number of aromatic nitrogens is 2. The van der Waals surface area contributed by atoms with Crippen LogP contribution in [0, 0.1) is 6.92 Å². The zero-order valence-corrected chi connectivity index (χ0v) is 14.7. The van der Waals surface area contributed by atoms with Crippen LogP contribution in [0.3, 0.4) is 0 Å². The topological polar surface area (TPSA) is 76.1 Å². The Morgan fingerprint density at radius 3 is 2.54 bits per heavy atom. The summed E-state index contributed by atoms with van der Waals surface area (Å²) in [4.78, 5) is 12.4. The lowest BCUT2D eigenvalue weighted by Gasteiger charge is -2.11. The van der Waals surface area contributed by atoms with Crippen molar-refractivity contribution in [3.63, 3.8) is 0 Å². The minimum Gasteiger partial charge on any atom is -0.495 e. The van der Waals surface area contributed by atoms with E-state index in [0.717, 1.165) is 11.1 Å². The van der Waals surface area contributed by atoms with Gasteiger partial charge in [-0.1, -0.05) is 36.4 Å². The molecule has 0 spiro atoms. The number of benzene rings is 2. The smallest absolute Gasteiger partial charge is 0.276 e. The van der Waals surface area contributed by atoms with Crippen molar-refractivity contribution in [2.45, 2.75) is 13.5 Å². The number of nitrogens with zero attached hydrogens (tertiary/aromatic N) is 2. The molecule has 0 aliphatic carbocycles. The highest BCUT2D eigenvalue weighted by Crippen LogP contribution is 2.25. The molecule has 0 saturated carbocycles. The summed E-state index contributed by atoms with van der Waals surface area (Å²) in [5.74, 6) is 0.868. The third-order valence-corrected chi connectivity index (χ3v) is 3.82. The van der Waals surface area contributed by atoms with Crippen molar-refractivity contribution in [2.24, 2.45) is 0 Å². The second kappa shape index (κ2) is 8.11. The molecule has 2 N–H and O–H groups in total. The summed E-state index contributed by atoms with van der Waals surface area (Å²) in [5, 5.41) is 14.0. The van der Waals surface area contributed by atoms with Crippen LogP contribution < -0.4 is 15.4 Å². The molecule has 1 aromatic heterocycles. The van der Waals surface area contributed by atoms with Gasteiger partial charge in [0.05, 0.1) is 12.8 Å².